The van der Waals surface area contributed by atoms with Crippen molar-refractivity contribution in [2.24, 2.45) is 0 Å². The molecule has 0 unspecified atom stereocenters. The van der Waals surface area contributed by atoms with Crippen LogP contribution in [0.15, 0.2) is 48.5 Å². The molecule has 1 heterocycles. The van der Waals surface area contributed by atoms with Crippen LogP contribution in [0.5, 0.6) is 11.5 Å². The molecule has 0 saturated heterocycles. The lowest BCUT2D eigenvalue weighted by atomic mass is 10.1. The lowest BCUT2D eigenvalue weighted by molar-refractivity contribution is -0.140. The van der Waals surface area contributed by atoms with E-state index in [-0.39, 0.29) is 24.8 Å². The first-order valence-corrected chi connectivity index (χ1v) is 14.6. The summed E-state index contributed by atoms with van der Waals surface area (Å²) < 4.78 is 37.6. The van der Waals surface area contributed by atoms with Crippen LogP contribution in [0, 0.1) is 0 Å². The Morgan fingerprint density at radius 3 is 2.35 bits per heavy atom. The summed E-state index contributed by atoms with van der Waals surface area (Å²) in [6, 6.07) is 14.2. The molecular formula is C27H37N3O6S. The molecule has 37 heavy (non-hydrogen) atoms. The average molecular weight is 532 g/mol. The van der Waals surface area contributed by atoms with Crippen molar-refractivity contribution in [3.8, 4) is 11.5 Å². The number of amides is 2. The van der Waals surface area contributed by atoms with E-state index in [0.717, 1.165) is 11.8 Å². The van der Waals surface area contributed by atoms with Gasteiger partial charge in [0.1, 0.15) is 19.3 Å². The van der Waals surface area contributed by atoms with Crippen molar-refractivity contribution >= 4 is 27.5 Å². The van der Waals surface area contributed by atoms with Crippen LogP contribution < -0.4 is 19.1 Å². The molecule has 1 aliphatic rings. The van der Waals surface area contributed by atoms with Gasteiger partial charge < -0.3 is 19.7 Å². The Morgan fingerprint density at radius 1 is 1.00 bits per heavy atom. The van der Waals surface area contributed by atoms with E-state index in [1.54, 1.807) is 23.1 Å². The van der Waals surface area contributed by atoms with E-state index in [1.807, 2.05) is 44.2 Å². The molecule has 0 radical (unpaired) electrons. The molecule has 1 aliphatic heterocycles. The van der Waals surface area contributed by atoms with Crippen LogP contribution in [0.3, 0.4) is 0 Å². The minimum atomic E-state index is -3.60. The number of carbonyl (C=O) groups excluding carboxylic acids is 2. The first-order chi connectivity index (χ1) is 17.7. The minimum absolute atomic E-state index is 0.112. The number of carbonyl (C=O) groups is 2. The fraction of sp³-hybridized carbons (Fsp3) is 0.481. The number of ether oxygens (including phenoxy) is 2. The average Bonchev–Trinajstić information content (AvgIpc) is 2.88. The molecule has 0 aromatic heterocycles. The second-order valence-electron chi connectivity index (χ2n) is 8.91. The standard InChI is InChI=1S/C27H37N3O6S/c1-4-23(27(32)28-5-2)29(17-15-21-10-7-6-8-11-21)26(31)12-9-16-30(37(3,33)34)22-13-14-24-25(20-22)36-19-18-35-24/h6-8,10-11,13-14,20,23H,4-5,9,12,15-19H2,1-3H3,(H,28,32)/t23-/m0/s1. The predicted octanol–water partition coefficient (Wildman–Crippen LogP) is 2.99. The van der Waals surface area contributed by atoms with E-state index in [9.17, 15) is 18.0 Å². The molecule has 0 bridgehead atoms. The van der Waals surface area contributed by atoms with Gasteiger partial charge in [0.05, 0.1) is 11.9 Å². The fourth-order valence-corrected chi connectivity index (χ4v) is 5.34. The van der Waals surface area contributed by atoms with E-state index in [0.29, 0.717) is 62.8 Å². The summed E-state index contributed by atoms with van der Waals surface area (Å²) in [6.07, 6.45) is 2.66. The smallest absolute Gasteiger partial charge is 0.242 e. The first-order valence-electron chi connectivity index (χ1n) is 12.7. The van der Waals surface area contributed by atoms with E-state index in [1.165, 1.54) is 4.31 Å². The molecule has 0 spiro atoms. The van der Waals surface area contributed by atoms with Gasteiger partial charge in [-0.3, -0.25) is 13.9 Å². The monoisotopic (exact) mass is 531 g/mol. The normalized spacial score (nSPS) is 13.5. The fourth-order valence-electron chi connectivity index (χ4n) is 4.38. The van der Waals surface area contributed by atoms with Crippen molar-refractivity contribution in [3.05, 3.63) is 54.1 Å². The SMILES string of the molecule is CCNC(=O)[C@H](CC)N(CCc1ccccc1)C(=O)CCCN(c1ccc2c(c1)OCCO2)S(C)(=O)=O. The molecule has 202 valence electrons. The van der Waals surface area contributed by atoms with Crippen LogP contribution in [-0.4, -0.2) is 70.3 Å². The largest absolute Gasteiger partial charge is 0.486 e. The number of anilines is 1. The van der Waals surface area contributed by atoms with Crippen molar-refractivity contribution in [1.82, 2.24) is 10.2 Å². The number of likely N-dealkylation sites (N-methyl/N-ethyl adjacent to an activating group) is 1. The second-order valence-corrected chi connectivity index (χ2v) is 10.8. The summed E-state index contributed by atoms with van der Waals surface area (Å²) in [6.45, 7) is 5.57. The van der Waals surface area contributed by atoms with Gasteiger partial charge in [-0.1, -0.05) is 37.3 Å². The van der Waals surface area contributed by atoms with Gasteiger partial charge in [-0.05, 0) is 43.9 Å². The molecule has 2 amide bonds. The Hall–Kier alpha value is -3.27. The molecule has 1 N–H and O–H groups in total. The van der Waals surface area contributed by atoms with Gasteiger partial charge in [-0.2, -0.15) is 0 Å². The molecule has 0 saturated carbocycles. The Balaban J connectivity index is 1.71. The number of hydrogen-bond donors (Lipinski definition) is 1. The van der Waals surface area contributed by atoms with Gasteiger partial charge in [0.25, 0.3) is 0 Å². The van der Waals surface area contributed by atoms with Crippen molar-refractivity contribution in [3.63, 3.8) is 0 Å². The molecule has 2 aromatic rings. The molecular weight excluding hydrogens is 494 g/mol. The Labute approximate surface area is 219 Å². The molecule has 2 aromatic carbocycles. The van der Waals surface area contributed by atoms with Crippen molar-refractivity contribution in [2.45, 2.75) is 45.6 Å². The lowest BCUT2D eigenvalue weighted by Gasteiger charge is -2.31. The third-order valence-corrected chi connectivity index (χ3v) is 7.38. The number of rotatable bonds is 13. The number of nitrogens with zero attached hydrogens (tertiary/aromatic N) is 2. The van der Waals surface area contributed by atoms with E-state index in [4.69, 9.17) is 9.47 Å². The maximum absolute atomic E-state index is 13.4. The van der Waals surface area contributed by atoms with Gasteiger partial charge in [-0.15, -0.1) is 0 Å². The van der Waals surface area contributed by atoms with Gasteiger partial charge >= 0.3 is 0 Å². The highest BCUT2D eigenvalue weighted by Crippen LogP contribution is 2.34. The summed E-state index contributed by atoms with van der Waals surface area (Å²) >= 11 is 0. The number of nitrogens with one attached hydrogen (secondary N) is 1. The van der Waals surface area contributed by atoms with Crippen LogP contribution in [0.25, 0.3) is 0 Å². The number of fused-ring (bicyclic) bond motifs is 1. The topological polar surface area (TPSA) is 105 Å². The van der Waals surface area contributed by atoms with Crippen LogP contribution in [0.1, 0.15) is 38.7 Å². The zero-order valence-corrected chi connectivity index (χ0v) is 22.6. The Bertz CT molecular complexity index is 1160. The number of sulfonamides is 1. The van der Waals surface area contributed by atoms with Crippen LogP contribution >= 0.6 is 0 Å². The molecule has 0 aliphatic carbocycles. The third-order valence-electron chi connectivity index (χ3n) is 6.19. The van der Waals surface area contributed by atoms with E-state index < -0.39 is 16.1 Å². The third kappa shape index (κ3) is 7.85. The zero-order chi connectivity index (χ0) is 26.8. The van der Waals surface area contributed by atoms with Crippen molar-refractivity contribution in [1.29, 1.82) is 0 Å². The van der Waals surface area contributed by atoms with Crippen molar-refractivity contribution < 1.29 is 27.5 Å². The summed E-state index contributed by atoms with van der Waals surface area (Å²) in [5.41, 5.74) is 1.53. The molecule has 1 atom stereocenters. The van der Waals surface area contributed by atoms with E-state index in [2.05, 4.69) is 5.32 Å². The first kappa shape index (κ1) is 28.3. The Morgan fingerprint density at radius 2 is 1.70 bits per heavy atom. The van der Waals surface area contributed by atoms with Crippen LogP contribution in [0.4, 0.5) is 5.69 Å². The van der Waals surface area contributed by atoms with Crippen molar-refractivity contribution in [2.75, 3.05) is 43.4 Å². The minimum Gasteiger partial charge on any atom is -0.486 e. The van der Waals surface area contributed by atoms with Crippen LogP contribution in [-0.2, 0) is 26.0 Å². The summed E-state index contributed by atoms with van der Waals surface area (Å²) in [5, 5.41) is 2.83. The highest BCUT2D eigenvalue weighted by molar-refractivity contribution is 7.92. The number of hydrogen-bond acceptors (Lipinski definition) is 6. The lowest BCUT2D eigenvalue weighted by Crippen LogP contribution is -2.50. The Kier molecular flexibility index (Phi) is 10.2. The highest BCUT2D eigenvalue weighted by atomic mass is 32.2. The van der Waals surface area contributed by atoms with Crippen LogP contribution in [0.2, 0.25) is 0 Å². The highest BCUT2D eigenvalue weighted by Gasteiger charge is 2.28. The van der Waals surface area contributed by atoms with Gasteiger partial charge in [-0.25, -0.2) is 8.42 Å². The molecule has 10 heteroatoms. The quantitative estimate of drug-likeness (QED) is 0.426. The maximum atomic E-state index is 13.4. The summed E-state index contributed by atoms with van der Waals surface area (Å²) in [4.78, 5) is 27.7. The summed E-state index contributed by atoms with van der Waals surface area (Å²) in [5.74, 6) is 0.710. The molecule has 9 nitrogen and oxygen atoms in total. The summed E-state index contributed by atoms with van der Waals surface area (Å²) in [7, 11) is -3.60. The van der Waals surface area contributed by atoms with Gasteiger partial charge in [0.2, 0.25) is 21.8 Å². The van der Waals surface area contributed by atoms with E-state index >= 15 is 0 Å². The van der Waals surface area contributed by atoms with Gasteiger partial charge in [0.15, 0.2) is 11.5 Å². The molecule has 3 rings (SSSR count). The van der Waals surface area contributed by atoms with Gasteiger partial charge in [0, 0.05) is 32.1 Å². The predicted molar refractivity (Wildman–Crippen MR) is 143 cm³/mol. The molecule has 0 fully saturated rings. The zero-order valence-electron chi connectivity index (χ0n) is 21.8. The second kappa shape index (κ2) is 13.3. The maximum Gasteiger partial charge on any atom is 0.242 e. The number of benzene rings is 2.